The van der Waals surface area contributed by atoms with Gasteiger partial charge in [0.1, 0.15) is 0 Å². The van der Waals surface area contributed by atoms with Gasteiger partial charge < -0.3 is 10.6 Å². The average Bonchev–Trinajstić information content (AvgIpc) is 2.74. The van der Waals surface area contributed by atoms with Gasteiger partial charge in [-0.05, 0) is 48.5 Å². The summed E-state index contributed by atoms with van der Waals surface area (Å²) < 4.78 is 27.1. The molecule has 0 spiro atoms. The van der Waals surface area contributed by atoms with Gasteiger partial charge in [0.25, 0.3) is 15.9 Å². The summed E-state index contributed by atoms with van der Waals surface area (Å²) in [7, 11) is -3.71. The van der Waals surface area contributed by atoms with Crippen molar-refractivity contribution in [1.29, 1.82) is 0 Å². The van der Waals surface area contributed by atoms with E-state index < -0.39 is 21.8 Å². The Kier molecular flexibility index (Phi) is 6.20. The van der Waals surface area contributed by atoms with Crippen LogP contribution >= 0.6 is 0 Å². The fourth-order valence-corrected chi connectivity index (χ4v) is 3.49. The highest BCUT2D eigenvalue weighted by Gasteiger charge is 2.14. The van der Waals surface area contributed by atoms with Crippen LogP contribution in [0.2, 0.25) is 0 Å². The van der Waals surface area contributed by atoms with E-state index in [2.05, 4.69) is 20.3 Å². The summed E-state index contributed by atoms with van der Waals surface area (Å²) in [5.41, 5.74) is 1.14. The largest absolute Gasteiger partial charge is 0.343 e. The highest BCUT2D eigenvalue weighted by Crippen LogP contribution is 2.16. The van der Waals surface area contributed by atoms with Crippen LogP contribution in [0, 0.1) is 0 Å². The van der Waals surface area contributed by atoms with Crippen molar-refractivity contribution in [1.82, 2.24) is 10.3 Å². The molecule has 0 atom stereocenters. The van der Waals surface area contributed by atoms with Gasteiger partial charge in [0.15, 0.2) is 0 Å². The zero-order valence-electron chi connectivity index (χ0n) is 15.2. The van der Waals surface area contributed by atoms with Crippen LogP contribution in [0.25, 0.3) is 0 Å². The summed E-state index contributed by atoms with van der Waals surface area (Å²) >= 11 is 0. The molecule has 29 heavy (non-hydrogen) atoms. The number of pyridine rings is 1. The van der Waals surface area contributed by atoms with Crippen LogP contribution < -0.4 is 15.4 Å². The number of aromatic nitrogens is 1. The lowest BCUT2D eigenvalue weighted by molar-refractivity contribution is -0.115. The molecule has 1 aromatic heterocycles. The number of carbonyl (C=O) groups is 2. The Hall–Kier alpha value is -3.72. The van der Waals surface area contributed by atoms with Gasteiger partial charge in [0.05, 0.1) is 23.3 Å². The summed E-state index contributed by atoms with van der Waals surface area (Å²) in [6.07, 6.45) is 3.08. The number of hydrogen-bond donors (Lipinski definition) is 3. The van der Waals surface area contributed by atoms with Gasteiger partial charge in [0.2, 0.25) is 5.91 Å². The number of nitrogens with zero attached hydrogens (tertiary/aromatic N) is 1. The van der Waals surface area contributed by atoms with E-state index in [0.717, 1.165) is 0 Å². The SMILES string of the molecule is O=C(CNC(=O)c1ccc(NS(=O)(=O)c2ccccc2)cc1)Nc1cccnc1. The van der Waals surface area contributed by atoms with Crippen molar-refractivity contribution in [2.45, 2.75) is 4.90 Å². The van der Waals surface area contributed by atoms with Crippen LogP contribution in [0.5, 0.6) is 0 Å². The molecule has 2 aromatic carbocycles. The van der Waals surface area contributed by atoms with E-state index in [9.17, 15) is 18.0 Å². The van der Waals surface area contributed by atoms with Gasteiger partial charge in [-0.1, -0.05) is 18.2 Å². The van der Waals surface area contributed by atoms with Gasteiger partial charge in [-0.15, -0.1) is 0 Å². The van der Waals surface area contributed by atoms with E-state index in [1.54, 1.807) is 36.5 Å². The third-order valence-corrected chi connectivity index (χ3v) is 5.20. The van der Waals surface area contributed by atoms with E-state index >= 15 is 0 Å². The van der Waals surface area contributed by atoms with Crippen molar-refractivity contribution < 1.29 is 18.0 Å². The summed E-state index contributed by atoms with van der Waals surface area (Å²) in [4.78, 5) is 28.1. The number of hydrogen-bond acceptors (Lipinski definition) is 5. The number of carbonyl (C=O) groups excluding carboxylic acids is 2. The molecule has 148 valence electrons. The minimum Gasteiger partial charge on any atom is -0.343 e. The van der Waals surface area contributed by atoms with Crippen molar-refractivity contribution in [2.75, 3.05) is 16.6 Å². The van der Waals surface area contributed by atoms with Gasteiger partial charge in [0, 0.05) is 17.4 Å². The van der Waals surface area contributed by atoms with Gasteiger partial charge in [-0.2, -0.15) is 0 Å². The van der Waals surface area contributed by atoms with Gasteiger partial charge in [-0.3, -0.25) is 19.3 Å². The first-order valence-corrected chi connectivity index (χ1v) is 10.1. The molecule has 3 N–H and O–H groups in total. The predicted molar refractivity (Wildman–Crippen MR) is 109 cm³/mol. The van der Waals surface area contributed by atoms with E-state index in [1.165, 1.54) is 42.6 Å². The maximum Gasteiger partial charge on any atom is 0.261 e. The van der Waals surface area contributed by atoms with Crippen LogP contribution in [0.1, 0.15) is 10.4 Å². The lowest BCUT2D eigenvalue weighted by Gasteiger charge is -2.09. The molecule has 1 heterocycles. The summed E-state index contributed by atoms with van der Waals surface area (Å²) in [6, 6.07) is 17.2. The Labute approximate surface area is 168 Å². The van der Waals surface area contributed by atoms with Crippen LogP contribution in [0.15, 0.2) is 84.0 Å². The molecule has 0 bridgehead atoms. The number of amides is 2. The number of rotatable bonds is 7. The fraction of sp³-hybridized carbons (Fsp3) is 0.0500. The topological polar surface area (TPSA) is 117 Å². The highest BCUT2D eigenvalue weighted by molar-refractivity contribution is 7.92. The summed E-state index contributed by atoms with van der Waals surface area (Å²) in [6.45, 7) is -0.212. The van der Waals surface area contributed by atoms with Crippen LogP contribution in [0.3, 0.4) is 0 Å². The molecule has 8 nitrogen and oxygen atoms in total. The fourth-order valence-electron chi connectivity index (χ4n) is 2.41. The van der Waals surface area contributed by atoms with Gasteiger partial charge >= 0.3 is 0 Å². The first-order valence-electron chi connectivity index (χ1n) is 8.60. The van der Waals surface area contributed by atoms with Crippen LogP contribution in [0.4, 0.5) is 11.4 Å². The van der Waals surface area contributed by atoms with Crippen LogP contribution in [-0.4, -0.2) is 31.8 Å². The third kappa shape index (κ3) is 5.63. The second-order valence-corrected chi connectivity index (χ2v) is 7.65. The highest BCUT2D eigenvalue weighted by atomic mass is 32.2. The Morgan fingerprint density at radius 1 is 0.862 bits per heavy atom. The average molecular weight is 410 g/mol. The molecule has 0 saturated carbocycles. The molecular weight excluding hydrogens is 392 g/mol. The molecule has 0 aliphatic carbocycles. The van der Waals surface area contributed by atoms with Crippen molar-refractivity contribution in [3.63, 3.8) is 0 Å². The molecule has 0 unspecified atom stereocenters. The number of benzene rings is 2. The lowest BCUT2D eigenvalue weighted by atomic mass is 10.2. The molecule has 0 radical (unpaired) electrons. The maximum atomic E-state index is 12.3. The second-order valence-electron chi connectivity index (χ2n) is 5.97. The van der Waals surface area contributed by atoms with Crippen molar-refractivity contribution in [2.24, 2.45) is 0 Å². The van der Waals surface area contributed by atoms with Gasteiger partial charge in [-0.25, -0.2) is 8.42 Å². The van der Waals surface area contributed by atoms with Crippen LogP contribution in [-0.2, 0) is 14.8 Å². The normalized spacial score (nSPS) is 10.8. The zero-order chi connectivity index (χ0) is 20.7. The molecular formula is C20H18N4O4S. The standard InChI is InChI=1S/C20H18N4O4S/c25-19(23-17-5-4-12-21-13-17)14-22-20(26)15-8-10-16(11-9-15)24-29(27,28)18-6-2-1-3-7-18/h1-13,24H,14H2,(H,22,26)(H,23,25). The molecule has 3 aromatic rings. The number of sulfonamides is 1. The molecule has 9 heteroatoms. The van der Waals surface area contributed by atoms with Crippen molar-refractivity contribution >= 4 is 33.2 Å². The Morgan fingerprint density at radius 3 is 2.24 bits per heavy atom. The zero-order valence-corrected chi connectivity index (χ0v) is 16.0. The minimum atomic E-state index is -3.71. The Morgan fingerprint density at radius 2 is 1.59 bits per heavy atom. The van der Waals surface area contributed by atoms with E-state index in [1.807, 2.05) is 0 Å². The Bertz CT molecular complexity index is 1090. The van der Waals surface area contributed by atoms with E-state index in [4.69, 9.17) is 0 Å². The third-order valence-electron chi connectivity index (χ3n) is 3.81. The first-order chi connectivity index (χ1) is 13.9. The smallest absolute Gasteiger partial charge is 0.261 e. The first kappa shape index (κ1) is 20.0. The molecule has 0 saturated heterocycles. The number of anilines is 2. The van der Waals surface area contributed by atoms with Crippen molar-refractivity contribution in [3.8, 4) is 0 Å². The predicted octanol–water partition coefficient (Wildman–Crippen LogP) is 2.25. The van der Waals surface area contributed by atoms with E-state index in [-0.39, 0.29) is 11.4 Å². The maximum absolute atomic E-state index is 12.3. The number of nitrogens with one attached hydrogen (secondary N) is 3. The summed E-state index contributed by atoms with van der Waals surface area (Å²) in [5.74, 6) is -0.845. The molecule has 0 aliphatic rings. The van der Waals surface area contributed by atoms with Crippen molar-refractivity contribution in [3.05, 3.63) is 84.7 Å². The van der Waals surface area contributed by atoms with E-state index in [0.29, 0.717) is 16.9 Å². The minimum absolute atomic E-state index is 0.140. The second kappa shape index (κ2) is 8.98. The quantitative estimate of drug-likeness (QED) is 0.552. The monoisotopic (exact) mass is 410 g/mol. The Balaban J connectivity index is 1.55. The lowest BCUT2D eigenvalue weighted by Crippen LogP contribution is -2.32. The molecule has 3 rings (SSSR count). The molecule has 2 amide bonds. The molecule has 0 fully saturated rings. The summed E-state index contributed by atoms with van der Waals surface area (Å²) in [5, 5.41) is 5.11. The molecule has 0 aliphatic heterocycles.